The first-order valence-corrected chi connectivity index (χ1v) is 8.27. The number of ketones is 1. The second-order valence-electron chi connectivity index (χ2n) is 7.35. The summed E-state index contributed by atoms with van der Waals surface area (Å²) >= 11 is 0. The van der Waals surface area contributed by atoms with Crippen molar-refractivity contribution in [3.8, 4) is 11.1 Å². The lowest BCUT2D eigenvalue weighted by Gasteiger charge is -2.32. The summed E-state index contributed by atoms with van der Waals surface area (Å²) in [5.74, 6) is 0.0764. The first kappa shape index (κ1) is 16.9. The number of rotatable bonds is 3. The molecule has 0 atom stereocenters. The summed E-state index contributed by atoms with van der Waals surface area (Å²) in [7, 11) is -0.369. The predicted octanol–water partition coefficient (Wildman–Crippen LogP) is 3.86. The topological polar surface area (TPSA) is 35.5 Å². The van der Waals surface area contributed by atoms with Crippen LogP contribution in [0.2, 0.25) is 0 Å². The van der Waals surface area contributed by atoms with Crippen LogP contribution in [-0.2, 0) is 9.31 Å². The van der Waals surface area contributed by atoms with Gasteiger partial charge in [-0.25, -0.2) is 0 Å². The van der Waals surface area contributed by atoms with Gasteiger partial charge in [0.05, 0.1) is 11.2 Å². The Morgan fingerprint density at radius 3 is 2.00 bits per heavy atom. The zero-order valence-corrected chi connectivity index (χ0v) is 14.9. The third-order valence-electron chi connectivity index (χ3n) is 5.04. The molecule has 1 aliphatic heterocycles. The Morgan fingerprint density at radius 2 is 1.46 bits per heavy atom. The molecule has 1 fully saturated rings. The molecule has 1 saturated heterocycles. The van der Waals surface area contributed by atoms with Crippen LogP contribution in [0.5, 0.6) is 0 Å². The fraction of sp³-hybridized carbons (Fsp3) is 0.350. The molecule has 2 aromatic carbocycles. The second kappa shape index (κ2) is 5.87. The van der Waals surface area contributed by atoms with E-state index in [1.165, 1.54) is 0 Å². The van der Waals surface area contributed by atoms with Crippen LogP contribution in [0, 0.1) is 0 Å². The van der Waals surface area contributed by atoms with Gasteiger partial charge in [-0.3, -0.25) is 4.79 Å². The highest BCUT2D eigenvalue weighted by molar-refractivity contribution is 6.62. The monoisotopic (exact) mass is 322 g/mol. The molecule has 3 rings (SSSR count). The molecule has 0 aromatic heterocycles. The number of Topliss-reactive ketones (excluding diaryl/α,β-unsaturated/α-hetero) is 1. The molecule has 0 aliphatic carbocycles. The van der Waals surface area contributed by atoms with E-state index in [4.69, 9.17) is 9.31 Å². The number of carbonyl (C=O) groups is 1. The van der Waals surface area contributed by atoms with Gasteiger partial charge in [-0.05, 0) is 51.2 Å². The average molecular weight is 322 g/mol. The summed E-state index contributed by atoms with van der Waals surface area (Å²) in [6, 6.07) is 15.8. The van der Waals surface area contributed by atoms with E-state index in [2.05, 4.69) is 39.8 Å². The Kier molecular flexibility index (Phi) is 4.14. The van der Waals surface area contributed by atoms with E-state index in [-0.39, 0.29) is 24.1 Å². The van der Waals surface area contributed by atoms with Crippen LogP contribution >= 0.6 is 0 Å². The van der Waals surface area contributed by atoms with Crippen LogP contribution in [0.3, 0.4) is 0 Å². The van der Waals surface area contributed by atoms with Crippen molar-refractivity contribution >= 4 is 18.4 Å². The molecule has 2 aromatic rings. The molecule has 0 radical (unpaired) electrons. The largest absolute Gasteiger partial charge is 0.494 e. The van der Waals surface area contributed by atoms with Crippen molar-refractivity contribution in [1.29, 1.82) is 0 Å². The SMILES string of the molecule is CC(=O)c1ccc(-c2cccc(B3OC(C)(C)C(C)(C)O3)c2)cc1. The third-order valence-corrected chi connectivity index (χ3v) is 5.04. The molecule has 1 heterocycles. The minimum atomic E-state index is -0.369. The molecular formula is C20H23BO3. The Labute approximate surface area is 144 Å². The lowest BCUT2D eigenvalue weighted by Crippen LogP contribution is -2.41. The van der Waals surface area contributed by atoms with Crippen molar-refractivity contribution in [3.05, 3.63) is 54.1 Å². The van der Waals surface area contributed by atoms with Crippen LogP contribution < -0.4 is 5.46 Å². The van der Waals surface area contributed by atoms with Gasteiger partial charge in [-0.2, -0.15) is 0 Å². The van der Waals surface area contributed by atoms with Gasteiger partial charge in [-0.1, -0.05) is 48.5 Å². The van der Waals surface area contributed by atoms with Crippen molar-refractivity contribution in [2.75, 3.05) is 0 Å². The highest BCUT2D eigenvalue weighted by atomic mass is 16.7. The first-order chi connectivity index (χ1) is 11.2. The number of benzene rings is 2. The standard InChI is InChI=1S/C20H23BO3/c1-14(22)15-9-11-16(12-10-15)17-7-6-8-18(13-17)21-23-19(2,3)20(4,5)24-21/h6-13H,1-5H3. The minimum Gasteiger partial charge on any atom is -0.399 e. The summed E-state index contributed by atoms with van der Waals surface area (Å²) in [4.78, 5) is 11.4. The minimum absolute atomic E-state index is 0.0764. The van der Waals surface area contributed by atoms with Crippen LogP contribution in [0.4, 0.5) is 0 Å². The van der Waals surface area contributed by atoms with Gasteiger partial charge in [0.15, 0.2) is 5.78 Å². The zero-order valence-electron chi connectivity index (χ0n) is 14.9. The summed E-state index contributed by atoms with van der Waals surface area (Å²) in [6.45, 7) is 9.79. The highest BCUT2D eigenvalue weighted by Gasteiger charge is 2.51. The maximum absolute atomic E-state index is 11.4. The van der Waals surface area contributed by atoms with E-state index in [9.17, 15) is 4.79 Å². The maximum Gasteiger partial charge on any atom is 0.494 e. The van der Waals surface area contributed by atoms with Crippen molar-refractivity contribution < 1.29 is 14.1 Å². The fourth-order valence-corrected chi connectivity index (χ4v) is 2.74. The summed E-state index contributed by atoms with van der Waals surface area (Å²) < 4.78 is 12.2. The Hall–Kier alpha value is -1.91. The van der Waals surface area contributed by atoms with Gasteiger partial charge in [0.2, 0.25) is 0 Å². The van der Waals surface area contributed by atoms with Crippen molar-refractivity contribution in [2.45, 2.75) is 45.8 Å². The van der Waals surface area contributed by atoms with Crippen LogP contribution in [0.25, 0.3) is 11.1 Å². The molecule has 0 unspecified atom stereocenters. The first-order valence-electron chi connectivity index (χ1n) is 8.27. The molecule has 124 valence electrons. The predicted molar refractivity (Wildman–Crippen MR) is 97.6 cm³/mol. The van der Waals surface area contributed by atoms with Gasteiger partial charge in [-0.15, -0.1) is 0 Å². The third kappa shape index (κ3) is 3.04. The number of hydrogen-bond donors (Lipinski definition) is 0. The lowest BCUT2D eigenvalue weighted by molar-refractivity contribution is 0.00578. The fourth-order valence-electron chi connectivity index (χ4n) is 2.74. The van der Waals surface area contributed by atoms with E-state index >= 15 is 0 Å². The molecule has 4 heteroatoms. The van der Waals surface area contributed by atoms with Gasteiger partial charge in [0, 0.05) is 5.56 Å². The normalized spacial score (nSPS) is 18.6. The second-order valence-corrected chi connectivity index (χ2v) is 7.35. The Bertz CT molecular complexity index is 747. The smallest absolute Gasteiger partial charge is 0.399 e. The summed E-state index contributed by atoms with van der Waals surface area (Å²) in [5, 5.41) is 0. The van der Waals surface area contributed by atoms with E-state index < -0.39 is 0 Å². The molecule has 0 N–H and O–H groups in total. The van der Waals surface area contributed by atoms with E-state index in [1.54, 1.807) is 6.92 Å². The van der Waals surface area contributed by atoms with Crippen LogP contribution in [0.1, 0.15) is 45.0 Å². The van der Waals surface area contributed by atoms with Gasteiger partial charge in [0.25, 0.3) is 0 Å². The van der Waals surface area contributed by atoms with E-state index in [0.717, 1.165) is 22.2 Å². The molecule has 3 nitrogen and oxygen atoms in total. The summed E-state index contributed by atoms with van der Waals surface area (Å²) in [6.07, 6.45) is 0. The maximum atomic E-state index is 11.4. The summed E-state index contributed by atoms with van der Waals surface area (Å²) in [5.41, 5.74) is 3.17. The Morgan fingerprint density at radius 1 is 0.875 bits per heavy atom. The van der Waals surface area contributed by atoms with Gasteiger partial charge in [0.1, 0.15) is 0 Å². The quantitative estimate of drug-likeness (QED) is 0.636. The van der Waals surface area contributed by atoms with E-state index in [1.807, 2.05) is 36.4 Å². The van der Waals surface area contributed by atoms with Crippen molar-refractivity contribution in [1.82, 2.24) is 0 Å². The van der Waals surface area contributed by atoms with Crippen LogP contribution in [-0.4, -0.2) is 24.1 Å². The molecule has 0 amide bonds. The van der Waals surface area contributed by atoms with E-state index in [0.29, 0.717) is 0 Å². The average Bonchev–Trinajstić information content (AvgIpc) is 2.76. The van der Waals surface area contributed by atoms with Crippen molar-refractivity contribution in [3.63, 3.8) is 0 Å². The number of hydrogen-bond acceptors (Lipinski definition) is 3. The van der Waals surface area contributed by atoms with Gasteiger partial charge < -0.3 is 9.31 Å². The van der Waals surface area contributed by atoms with Gasteiger partial charge >= 0.3 is 7.12 Å². The molecule has 1 aliphatic rings. The molecule has 0 saturated carbocycles. The molecular weight excluding hydrogens is 299 g/mol. The Balaban J connectivity index is 1.89. The molecule has 0 bridgehead atoms. The zero-order chi connectivity index (χ0) is 17.5. The van der Waals surface area contributed by atoms with Crippen LogP contribution in [0.15, 0.2) is 48.5 Å². The lowest BCUT2D eigenvalue weighted by atomic mass is 9.78. The highest BCUT2D eigenvalue weighted by Crippen LogP contribution is 2.36. The number of carbonyl (C=O) groups excluding carboxylic acids is 1. The molecule has 24 heavy (non-hydrogen) atoms. The molecule has 0 spiro atoms. The van der Waals surface area contributed by atoms with Crippen molar-refractivity contribution in [2.24, 2.45) is 0 Å².